The Hall–Kier alpha value is -0.440. The van der Waals surface area contributed by atoms with Crippen LogP contribution in [0.15, 0.2) is 18.2 Å². The van der Waals surface area contributed by atoms with Crippen molar-refractivity contribution in [3.8, 4) is 0 Å². The van der Waals surface area contributed by atoms with E-state index in [2.05, 4.69) is 22.9 Å². The molecule has 0 saturated heterocycles. The molecule has 3 heteroatoms. The molecule has 0 radical (unpaired) electrons. The van der Waals surface area contributed by atoms with Crippen LogP contribution < -0.4 is 0 Å². The van der Waals surface area contributed by atoms with Crippen LogP contribution in [-0.2, 0) is 6.42 Å². The minimum Gasteiger partial charge on any atom is -0.204 e. The van der Waals surface area contributed by atoms with Crippen LogP contribution in [0.4, 0.5) is 8.78 Å². The highest BCUT2D eigenvalue weighted by Gasteiger charge is 2.12. The first-order valence-electron chi connectivity index (χ1n) is 6.72. The molecule has 0 spiro atoms. The van der Waals surface area contributed by atoms with E-state index in [-0.39, 0.29) is 4.83 Å². The quantitative estimate of drug-likeness (QED) is 0.430. The van der Waals surface area contributed by atoms with Gasteiger partial charge in [-0.25, -0.2) is 8.78 Å². The highest BCUT2D eigenvalue weighted by atomic mass is 79.9. The van der Waals surface area contributed by atoms with Crippen LogP contribution in [0.3, 0.4) is 0 Å². The van der Waals surface area contributed by atoms with E-state index in [1.165, 1.54) is 25.7 Å². The minimum atomic E-state index is -0.754. The second-order valence-electron chi connectivity index (χ2n) is 4.72. The van der Waals surface area contributed by atoms with E-state index in [1.54, 1.807) is 12.1 Å². The molecule has 102 valence electrons. The van der Waals surface area contributed by atoms with E-state index in [0.29, 0.717) is 12.0 Å². The summed E-state index contributed by atoms with van der Waals surface area (Å²) in [5.41, 5.74) is 0.463. The van der Waals surface area contributed by atoms with Crippen molar-refractivity contribution in [1.29, 1.82) is 0 Å². The maximum Gasteiger partial charge on any atom is 0.162 e. The zero-order chi connectivity index (χ0) is 13.4. The van der Waals surface area contributed by atoms with Gasteiger partial charge < -0.3 is 0 Å². The van der Waals surface area contributed by atoms with Gasteiger partial charge >= 0.3 is 0 Å². The molecular formula is C15H21BrF2. The molecule has 0 nitrogen and oxygen atoms in total. The maximum atomic E-state index is 13.5. The number of hydrogen-bond donors (Lipinski definition) is 0. The number of unbranched alkanes of at least 4 members (excludes halogenated alkanes) is 4. The molecule has 0 N–H and O–H groups in total. The lowest BCUT2D eigenvalue weighted by atomic mass is 10.0. The maximum absolute atomic E-state index is 13.5. The van der Waals surface area contributed by atoms with Crippen molar-refractivity contribution in [1.82, 2.24) is 0 Å². The monoisotopic (exact) mass is 318 g/mol. The second-order valence-corrected chi connectivity index (χ2v) is 6.01. The van der Waals surface area contributed by atoms with Gasteiger partial charge in [0.05, 0.1) is 0 Å². The van der Waals surface area contributed by atoms with Gasteiger partial charge in [-0.05, 0) is 24.5 Å². The molecular weight excluding hydrogens is 298 g/mol. The van der Waals surface area contributed by atoms with Crippen LogP contribution >= 0.6 is 15.9 Å². The Morgan fingerprint density at radius 3 is 2.56 bits per heavy atom. The Labute approximate surface area is 117 Å². The standard InChI is InChI=1S/C15H21BrF2/c1-2-3-4-5-6-9-13(16)11-12-8-7-10-14(17)15(12)18/h7-8,10,13H,2-6,9,11H2,1H3. The Morgan fingerprint density at radius 1 is 1.11 bits per heavy atom. The Kier molecular flexibility index (Phi) is 7.48. The molecule has 0 aliphatic carbocycles. The zero-order valence-electron chi connectivity index (χ0n) is 10.9. The highest BCUT2D eigenvalue weighted by molar-refractivity contribution is 9.09. The number of benzene rings is 1. The van der Waals surface area contributed by atoms with Gasteiger partial charge in [0.1, 0.15) is 0 Å². The van der Waals surface area contributed by atoms with E-state index in [4.69, 9.17) is 0 Å². The molecule has 1 rings (SSSR count). The Balaban J connectivity index is 2.31. The Bertz CT molecular complexity index is 352. The smallest absolute Gasteiger partial charge is 0.162 e. The summed E-state index contributed by atoms with van der Waals surface area (Å²) in [6.07, 6.45) is 7.73. The number of alkyl halides is 1. The lowest BCUT2D eigenvalue weighted by Crippen LogP contribution is -2.05. The number of halogens is 3. The van der Waals surface area contributed by atoms with Crippen LogP contribution in [0, 0.1) is 11.6 Å². The lowest BCUT2D eigenvalue weighted by molar-refractivity contribution is 0.496. The molecule has 0 fully saturated rings. The van der Waals surface area contributed by atoms with Gasteiger partial charge in [0.25, 0.3) is 0 Å². The molecule has 1 unspecified atom stereocenters. The first-order chi connectivity index (χ1) is 8.65. The molecule has 0 saturated carbocycles. The molecule has 0 aliphatic rings. The van der Waals surface area contributed by atoms with Crippen LogP contribution in [0.5, 0.6) is 0 Å². The zero-order valence-corrected chi connectivity index (χ0v) is 12.5. The van der Waals surface area contributed by atoms with E-state index in [0.717, 1.165) is 18.9 Å². The third-order valence-corrected chi connectivity index (χ3v) is 3.88. The summed E-state index contributed by atoms with van der Waals surface area (Å²) in [4.78, 5) is 0.232. The summed E-state index contributed by atoms with van der Waals surface area (Å²) in [6, 6.07) is 4.38. The number of hydrogen-bond acceptors (Lipinski definition) is 0. The van der Waals surface area contributed by atoms with Crippen LogP contribution in [0.1, 0.15) is 51.0 Å². The predicted molar refractivity (Wildman–Crippen MR) is 76.2 cm³/mol. The minimum absolute atomic E-state index is 0.232. The van der Waals surface area contributed by atoms with Gasteiger partial charge in [0, 0.05) is 4.83 Å². The largest absolute Gasteiger partial charge is 0.204 e. The van der Waals surface area contributed by atoms with Crippen molar-refractivity contribution >= 4 is 15.9 Å². The molecule has 1 aromatic carbocycles. The van der Waals surface area contributed by atoms with Gasteiger partial charge in [0.15, 0.2) is 11.6 Å². The molecule has 0 amide bonds. The SMILES string of the molecule is CCCCCCCC(Br)Cc1cccc(F)c1F. The molecule has 1 atom stereocenters. The summed E-state index contributed by atoms with van der Waals surface area (Å²) >= 11 is 3.55. The van der Waals surface area contributed by atoms with Gasteiger partial charge in [-0.2, -0.15) is 0 Å². The lowest BCUT2D eigenvalue weighted by Gasteiger charge is -2.10. The van der Waals surface area contributed by atoms with Crippen LogP contribution in [-0.4, -0.2) is 4.83 Å². The average molecular weight is 319 g/mol. The van der Waals surface area contributed by atoms with E-state index >= 15 is 0 Å². The summed E-state index contributed by atoms with van der Waals surface area (Å²) in [5.74, 6) is -1.46. The topological polar surface area (TPSA) is 0 Å². The summed E-state index contributed by atoms with van der Waals surface area (Å²) in [7, 11) is 0. The normalized spacial score (nSPS) is 12.7. The van der Waals surface area contributed by atoms with Crippen molar-refractivity contribution in [2.24, 2.45) is 0 Å². The van der Waals surface area contributed by atoms with Crippen molar-refractivity contribution in [3.63, 3.8) is 0 Å². The Morgan fingerprint density at radius 2 is 1.83 bits per heavy atom. The van der Waals surface area contributed by atoms with E-state index in [1.807, 2.05) is 0 Å². The predicted octanol–water partition coefficient (Wildman–Crippen LogP) is 5.63. The van der Waals surface area contributed by atoms with Crippen LogP contribution in [0.2, 0.25) is 0 Å². The van der Waals surface area contributed by atoms with Crippen molar-refractivity contribution < 1.29 is 8.78 Å². The third-order valence-electron chi connectivity index (χ3n) is 3.09. The first-order valence-corrected chi connectivity index (χ1v) is 7.63. The third kappa shape index (κ3) is 5.47. The summed E-state index contributed by atoms with van der Waals surface area (Å²) in [6.45, 7) is 2.19. The average Bonchev–Trinajstić information content (AvgIpc) is 2.35. The fraction of sp³-hybridized carbons (Fsp3) is 0.600. The summed E-state index contributed by atoms with van der Waals surface area (Å²) < 4.78 is 26.5. The van der Waals surface area contributed by atoms with Gasteiger partial charge in [0.2, 0.25) is 0 Å². The first kappa shape index (κ1) is 15.6. The molecule has 0 heterocycles. The van der Waals surface area contributed by atoms with E-state index < -0.39 is 11.6 Å². The molecule has 0 aliphatic heterocycles. The molecule has 0 aromatic heterocycles. The van der Waals surface area contributed by atoms with E-state index in [9.17, 15) is 8.78 Å². The van der Waals surface area contributed by atoms with Crippen molar-refractivity contribution in [2.45, 2.75) is 56.7 Å². The van der Waals surface area contributed by atoms with Crippen molar-refractivity contribution in [3.05, 3.63) is 35.4 Å². The van der Waals surface area contributed by atoms with Crippen molar-refractivity contribution in [2.75, 3.05) is 0 Å². The van der Waals surface area contributed by atoms with Crippen LogP contribution in [0.25, 0.3) is 0 Å². The molecule has 18 heavy (non-hydrogen) atoms. The highest BCUT2D eigenvalue weighted by Crippen LogP contribution is 2.20. The van der Waals surface area contributed by atoms with Gasteiger partial charge in [-0.3, -0.25) is 0 Å². The fourth-order valence-electron chi connectivity index (χ4n) is 2.02. The molecule has 0 bridgehead atoms. The fourth-order valence-corrected chi connectivity index (χ4v) is 2.69. The summed E-state index contributed by atoms with van der Waals surface area (Å²) in [5, 5.41) is 0. The molecule has 1 aromatic rings. The van der Waals surface area contributed by atoms with Gasteiger partial charge in [-0.15, -0.1) is 0 Å². The van der Waals surface area contributed by atoms with Gasteiger partial charge in [-0.1, -0.05) is 67.1 Å². The second kappa shape index (κ2) is 8.63. The number of rotatable bonds is 8.